The number of carbonyl (C=O) groups excluding carboxylic acids is 2. The van der Waals surface area contributed by atoms with Crippen molar-refractivity contribution in [1.29, 1.82) is 0 Å². The number of benzene rings is 2. The second kappa shape index (κ2) is 8.08. The Morgan fingerprint density at radius 1 is 1.17 bits per heavy atom. The number of hydrogen-bond acceptors (Lipinski definition) is 5. The van der Waals surface area contributed by atoms with E-state index in [1.807, 2.05) is 31.2 Å². The predicted octanol–water partition coefficient (Wildman–Crippen LogP) is 3.69. The SMILES string of the molecule is Cc1ccc(CC(=O)Nc2nnc(C3CC(=O)N(c4ccc(F)cc4)C3)s2)cc1. The minimum absolute atomic E-state index is 0.0400. The molecule has 6 nitrogen and oxygen atoms in total. The summed E-state index contributed by atoms with van der Waals surface area (Å²) in [6.45, 7) is 2.45. The summed E-state index contributed by atoms with van der Waals surface area (Å²) in [6.07, 6.45) is 0.568. The van der Waals surface area contributed by atoms with Gasteiger partial charge in [-0.3, -0.25) is 9.59 Å². The van der Waals surface area contributed by atoms with Crippen LogP contribution in [-0.4, -0.2) is 28.6 Å². The maximum atomic E-state index is 13.1. The summed E-state index contributed by atoms with van der Waals surface area (Å²) in [5.41, 5.74) is 2.73. The van der Waals surface area contributed by atoms with Crippen LogP contribution in [0, 0.1) is 12.7 Å². The van der Waals surface area contributed by atoms with Crippen LogP contribution in [0.25, 0.3) is 0 Å². The van der Waals surface area contributed by atoms with Gasteiger partial charge in [0.25, 0.3) is 0 Å². The van der Waals surface area contributed by atoms with E-state index in [4.69, 9.17) is 0 Å². The van der Waals surface area contributed by atoms with E-state index in [-0.39, 0.29) is 30.0 Å². The number of nitrogens with zero attached hydrogens (tertiary/aromatic N) is 3. The van der Waals surface area contributed by atoms with Gasteiger partial charge in [0.2, 0.25) is 16.9 Å². The van der Waals surface area contributed by atoms with Gasteiger partial charge in [-0.1, -0.05) is 41.2 Å². The molecule has 0 bridgehead atoms. The Morgan fingerprint density at radius 3 is 2.62 bits per heavy atom. The quantitative estimate of drug-likeness (QED) is 0.696. The average molecular weight is 410 g/mol. The average Bonchev–Trinajstić information content (AvgIpc) is 3.31. The maximum Gasteiger partial charge on any atom is 0.230 e. The van der Waals surface area contributed by atoms with Crippen LogP contribution < -0.4 is 10.2 Å². The summed E-state index contributed by atoms with van der Waals surface area (Å²) in [6, 6.07) is 13.6. The van der Waals surface area contributed by atoms with Gasteiger partial charge in [-0.2, -0.15) is 0 Å². The second-order valence-electron chi connectivity index (χ2n) is 7.04. The van der Waals surface area contributed by atoms with Gasteiger partial charge in [0.05, 0.1) is 6.42 Å². The summed E-state index contributed by atoms with van der Waals surface area (Å²) < 4.78 is 13.1. The van der Waals surface area contributed by atoms with Gasteiger partial charge in [-0.05, 0) is 36.8 Å². The highest BCUT2D eigenvalue weighted by atomic mass is 32.1. The predicted molar refractivity (Wildman–Crippen MR) is 110 cm³/mol. The van der Waals surface area contributed by atoms with Gasteiger partial charge in [0.1, 0.15) is 10.8 Å². The van der Waals surface area contributed by atoms with Crippen molar-refractivity contribution in [3.05, 3.63) is 70.5 Å². The molecular formula is C21H19FN4O2S. The molecule has 0 spiro atoms. The number of amides is 2. The highest BCUT2D eigenvalue weighted by Crippen LogP contribution is 2.34. The molecule has 1 unspecified atom stereocenters. The van der Waals surface area contributed by atoms with Gasteiger partial charge >= 0.3 is 0 Å². The molecule has 3 aromatic rings. The Labute approximate surface area is 171 Å². The summed E-state index contributed by atoms with van der Waals surface area (Å²) in [5, 5.41) is 12.1. The lowest BCUT2D eigenvalue weighted by Crippen LogP contribution is -2.24. The zero-order valence-electron chi connectivity index (χ0n) is 15.8. The first-order valence-corrected chi connectivity index (χ1v) is 10.0. The van der Waals surface area contributed by atoms with E-state index in [1.54, 1.807) is 17.0 Å². The summed E-state index contributed by atoms with van der Waals surface area (Å²) in [4.78, 5) is 26.2. The molecule has 1 fully saturated rings. The molecule has 0 aliphatic carbocycles. The summed E-state index contributed by atoms with van der Waals surface area (Å²) >= 11 is 1.28. The molecule has 4 rings (SSSR count). The van der Waals surface area contributed by atoms with E-state index in [0.29, 0.717) is 28.8 Å². The standard InChI is InChI=1S/C21H19FN4O2S/c1-13-2-4-14(5-3-13)10-18(27)23-21-25-24-20(29-21)15-11-19(28)26(12-15)17-8-6-16(22)7-9-17/h2-9,15H,10-12H2,1H3,(H,23,25,27). The summed E-state index contributed by atoms with van der Waals surface area (Å²) in [7, 11) is 0. The lowest BCUT2D eigenvalue weighted by atomic mass is 10.1. The first kappa shape index (κ1) is 19.2. The van der Waals surface area contributed by atoms with Crippen molar-refractivity contribution in [2.45, 2.75) is 25.7 Å². The molecule has 148 valence electrons. The fourth-order valence-corrected chi connectivity index (χ4v) is 4.10. The number of aryl methyl sites for hydroxylation is 1. The van der Waals surface area contributed by atoms with Crippen LogP contribution in [0.1, 0.15) is 28.5 Å². The first-order chi connectivity index (χ1) is 14.0. The highest BCUT2D eigenvalue weighted by molar-refractivity contribution is 7.15. The Morgan fingerprint density at radius 2 is 1.90 bits per heavy atom. The minimum atomic E-state index is -0.341. The van der Waals surface area contributed by atoms with Crippen LogP contribution in [0.15, 0.2) is 48.5 Å². The van der Waals surface area contributed by atoms with E-state index >= 15 is 0 Å². The van der Waals surface area contributed by atoms with Gasteiger partial charge in [-0.25, -0.2) is 4.39 Å². The zero-order valence-corrected chi connectivity index (χ0v) is 16.6. The Bertz CT molecular complexity index is 1030. The number of anilines is 2. The van der Waals surface area contributed by atoms with Gasteiger partial charge in [-0.15, -0.1) is 10.2 Å². The van der Waals surface area contributed by atoms with Gasteiger partial charge in [0, 0.05) is 24.6 Å². The fourth-order valence-electron chi connectivity index (χ4n) is 3.25. The van der Waals surface area contributed by atoms with Crippen molar-refractivity contribution >= 4 is 34.0 Å². The largest absolute Gasteiger partial charge is 0.312 e. The molecule has 1 aliphatic rings. The molecular weight excluding hydrogens is 391 g/mol. The number of carbonyl (C=O) groups is 2. The van der Waals surface area contributed by atoms with E-state index in [9.17, 15) is 14.0 Å². The topological polar surface area (TPSA) is 75.2 Å². The molecule has 29 heavy (non-hydrogen) atoms. The number of hydrogen-bond donors (Lipinski definition) is 1. The van der Waals surface area contributed by atoms with E-state index in [0.717, 1.165) is 11.1 Å². The van der Waals surface area contributed by atoms with Crippen molar-refractivity contribution in [2.24, 2.45) is 0 Å². The lowest BCUT2D eigenvalue weighted by molar-refractivity contribution is -0.117. The van der Waals surface area contributed by atoms with Gasteiger partial charge in [0.15, 0.2) is 0 Å². The molecule has 1 atom stereocenters. The molecule has 1 aliphatic heterocycles. The molecule has 1 aromatic heterocycles. The molecule has 2 amide bonds. The van der Waals surface area contributed by atoms with Crippen molar-refractivity contribution in [2.75, 3.05) is 16.8 Å². The Hall–Kier alpha value is -3.13. The number of nitrogens with one attached hydrogen (secondary N) is 1. The Balaban J connectivity index is 1.38. The molecule has 1 saturated heterocycles. The lowest BCUT2D eigenvalue weighted by Gasteiger charge is -2.16. The monoisotopic (exact) mass is 410 g/mol. The second-order valence-corrected chi connectivity index (χ2v) is 8.05. The number of rotatable bonds is 5. The molecule has 0 saturated carbocycles. The highest BCUT2D eigenvalue weighted by Gasteiger charge is 2.34. The molecule has 0 radical (unpaired) electrons. The molecule has 1 N–H and O–H groups in total. The van der Waals surface area contributed by atoms with Gasteiger partial charge < -0.3 is 10.2 Å². The molecule has 2 aromatic carbocycles. The first-order valence-electron chi connectivity index (χ1n) is 9.22. The van der Waals surface area contributed by atoms with Crippen molar-refractivity contribution in [3.8, 4) is 0 Å². The zero-order chi connectivity index (χ0) is 20.4. The number of halogens is 1. The van der Waals surface area contributed by atoms with Crippen LogP contribution in [0.4, 0.5) is 15.2 Å². The van der Waals surface area contributed by atoms with Crippen molar-refractivity contribution in [3.63, 3.8) is 0 Å². The van der Waals surface area contributed by atoms with Crippen LogP contribution in [0.3, 0.4) is 0 Å². The smallest absolute Gasteiger partial charge is 0.230 e. The van der Waals surface area contributed by atoms with Crippen LogP contribution in [0.5, 0.6) is 0 Å². The van der Waals surface area contributed by atoms with E-state index in [1.165, 1.54) is 23.5 Å². The van der Waals surface area contributed by atoms with Crippen LogP contribution in [-0.2, 0) is 16.0 Å². The minimum Gasteiger partial charge on any atom is -0.312 e. The Kier molecular flexibility index (Phi) is 5.35. The fraction of sp³-hybridized carbons (Fsp3) is 0.238. The van der Waals surface area contributed by atoms with Crippen molar-refractivity contribution in [1.82, 2.24) is 10.2 Å². The third-order valence-corrected chi connectivity index (χ3v) is 5.79. The third-order valence-electron chi connectivity index (χ3n) is 4.78. The number of aromatic nitrogens is 2. The van der Waals surface area contributed by atoms with Crippen LogP contribution >= 0.6 is 11.3 Å². The van der Waals surface area contributed by atoms with E-state index in [2.05, 4.69) is 15.5 Å². The van der Waals surface area contributed by atoms with Crippen LogP contribution in [0.2, 0.25) is 0 Å². The molecule has 8 heteroatoms. The van der Waals surface area contributed by atoms with Crippen molar-refractivity contribution < 1.29 is 14.0 Å². The maximum absolute atomic E-state index is 13.1. The third kappa shape index (κ3) is 4.48. The molecule has 2 heterocycles. The summed E-state index contributed by atoms with van der Waals surface area (Å²) in [5.74, 6) is -0.645. The normalized spacial score (nSPS) is 16.3. The van der Waals surface area contributed by atoms with E-state index < -0.39 is 0 Å².